The van der Waals surface area contributed by atoms with Crippen LogP contribution in [0, 0.1) is 6.92 Å². The third-order valence-corrected chi connectivity index (χ3v) is 7.21. The number of hydrogen-bond acceptors (Lipinski definition) is 13. The number of anilines is 2. The van der Waals surface area contributed by atoms with Crippen LogP contribution in [0.2, 0.25) is 0 Å². The van der Waals surface area contributed by atoms with Gasteiger partial charge in [-0.3, -0.25) is 19.2 Å². The minimum Gasteiger partial charge on any atom is -0.495 e. The van der Waals surface area contributed by atoms with E-state index in [2.05, 4.69) is 15.9 Å². The molecular formula is C40H59BrN2O11. The summed E-state index contributed by atoms with van der Waals surface area (Å²) in [5.41, 5.74) is -1.24. The third kappa shape index (κ3) is 17.3. The van der Waals surface area contributed by atoms with Gasteiger partial charge in [0.1, 0.15) is 79.0 Å². The Hall–Kier alpha value is -4.20. The highest BCUT2D eigenvalue weighted by Crippen LogP contribution is 2.39. The van der Waals surface area contributed by atoms with E-state index in [1.807, 2.05) is 13.0 Å². The van der Waals surface area contributed by atoms with Crippen molar-refractivity contribution in [2.75, 3.05) is 56.3 Å². The minimum absolute atomic E-state index is 0.0179. The van der Waals surface area contributed by atoms with E-state index < -0.39 is 46.3 Å². The first-order valence-corrected chi connectivity index (χ1v) is 18.5. The SMILES string of the molecule is COc1cc(N(CC(=O)OC(C)(C)C)CC(=O)OC(C)(C)C)c(OCCOc2cc(C)ccc2N(CC(=O)OC(C)(C)C)CC(=O)OC(C)(C)C)cc1Br. The molecule has 0 saturated heterocycles. The van der Waals surface area contributed by atoms with E-state index in [9.17, 15) is 19.2 Å². The molecule has 0 aliphatic heterocycles. The highest BCUT2D eigenvalue weighted by molar-refractivity contribution is 9.10. The summed E-state index contributed by atoms with van der Waals surface area (Å²) in [6, 6.07) is 8.74. The smallest absolute Gasteiger partial charge is 0.326 e. The molecule has 0 N–H and O–H groups in total. The maximum atomic E-state index is 13.1. The molecule has 0 amide bonds. The van der Waals surface area contributed by atoms with Gasteiger partial charge in [-0.25, -0.2) is 0 Å². The molecule has 0 atom stereocenters. The molecule has 0 bridgehead atoms. The van der Waals surface area contributed by atoms with Crippen molar-refractivity contribution in [3.8, 4) is 17.2 Å². The molecule has 0 radical (unpaired) electrons. The van der Waals surface area contributed by atoms with E-state index in [0.717, 1.165) is 5.56 Å². The molecule has 0 aromatic heterocycles. The molecule has 2 rings (SSSR count). The van der Waals surface area contributed by atoms with E-state index in [0.29, 0.717) is 33.1 Å². The lowest BCUT2D eigenvalue weighted by Gasteiger charge is -2.29. The Morgan fingerprint density at radius 2 is 0.889 bits per heavy atom. The van der Waals surface area contributed by atoms with Crippen molar-refractivity contribution in [1.29, 1.82) is 0 Å². The molecule has 54 heavy (non-hydrogen) atoms. The molecule has 0 aliphatic rings. The first-order chi connectivity index (χ1) is 24.6. The van der Waals surface area contributed by atoms with Gasteiger partial charge in [0, 0.05) is 12.1 Å². The first-order valence-electron chi connectivity index (χ1n) is 17.8. The molecule has 0 spiro atoms. The molecule has 13 nitrogen and oxygen atoms in total. The zero-order valence-corrected chi connectivity index (χ0v) is 36.0. The lowest BCUT2D eigenvalue weighted by atomic mass is 10.1. The van der Waals surface area contributed by atoms with Crippen LogP contribution in [0.15, 0.2) is 34.8 Å². The number of nitrogens with zero attached hydrogens (tertiary/aromatic N) is 2. The Morgan fingerprint density at radius 3 is 1.24 bits per heavy atom. The monoisotopic (exact) mass is 822 g/mol. The summed E-state index contributed by atoms with van der Waals surface area (Å²) in [4.78, 5) is 55.2. The Morgan fingerprint density at radius 1 is 0.537 bits per heavy atom. The maximum Gasteiger partial charge on any atom is 0.326 e. The van der Waals surface area contributed by atoms with Crippen LogP contribution >= 0.6 is 15.9 Å². The van der Waals surface area contributed by atoms with E-state index in [1.54, 1.807) is 112 Å². The summed E-state index contributed by atoms with van der Waals surface area (Å²) in [6.07, 6.45) is 0. The van der Waals surface area contributed by atoms with Crippen LogP contribution in [0.4, 0.5) is 11.4 Å². The van der Waals surface area contributed by atoms with E-state index in [-0.39, 0.29) is 39.4 Å². The predicted octanol–water partition coefficient (Wildman–Crippen LogP) is 7.20. The fraction of sp³-hybridized carbons (Fsp3) is 0.600. The van der Waals surface area contributed by atoms with Gasteiger partial charge >= 0.3 is 23.9 Å². The lowest BCUT2D eigenvalue weighted by molar-refractivity contribution is -0.156. The van der Waals surface area contributed by atoms with Crippen LogP contribution in [0.25, 0.3) is 0 Å². The number of rotatable bonds is 16. The second kappa shape index (κ2) is 18.9. The summed E-state index contributed by atoms with van der Waals surface area (Å²) in [5.74, 6) is -1.01. The van der Waals surface area contributed by atoms with Crippen molar-refractivity contribution >= 4 is 51.2 Å². The number of hydrogen-bond donors (Lipinski definition) is 0. The van der Waals surface area contributed by atoms with Crippen LogP contribution in [0.1, 0.15) is 88.6 Å². The zero-order chi connectivity index (χ0) is 41.2. The number of esters is 4. The van der Waals surface area contributed by atoms with E-state index in [1.165, 1.54) is 12.0 Å². The minimum atomic E-state index is -0.757. The predicted molar refractivity (Wildman–Crippen MR) is 211 cm³/mol. The van der Waals surface area contributed by atoms with Gasteiger partial charge in [-0.05, 0) is 124 Å². The van der Waals surface area contributed by atoms with Gasteiger partial charge in [-0.2, -0.15) is 0 Å². The molecular weight excluding hydrogens is 764 g/mol. The largest absolute Gasteiger partial charge is 0.495 e. The molecule has 0 unspecified atom stereocenters. The molecule has 0 fully saturated rings. The summed E-state index contributed by atoms with van der Waals surface area (Å²) in [5, 5.41) is 0. The molecule has 2 aromatic rings. The van der Waals surface area contributed by atoms with Crippen LogP contribution in [-0.2, 0) is 38.1 Å². The average molecular weight is 824 g/mol. The number of benzene rings is 2. The van der Waals surface area contributed by atoms with Gasteiger partial charge in [-0.15, -0.1) is 0 Å². The number of ether oxygens (including phenoxy) is 7. The lowest BCUT2D eigenvalue weighted by Crippen LogP contribution is -2.40. The highest BCUT2D eigenvalue weighted by Gasteiger charge is 2.28. The van der Waals surface area contributed by atoms with E-state index >= 15 is 0 Å². The number of aryl methyl sites for hydroxylation is 1. The molecule has 0 heterocycles. The van der Waals surface area contributed by atoms with Gasteiger partial charge in [-0.1, -0.05) is 6.07 Å². The average Bonchev–Trinajstić information content (AvgIpc) is 2.95. The van der Waals surface area contributed by atoms with Crippen LogP contribution in [0.5, 0.6) is 17.2 Å². The fourth-order valence-corrected chi connectivity index (χ4v) is 5.40. The Bertz CT molecular complexity index is 1560. The van der Waals surface area contributed by atoms with Gasteiger partial charge < -0.3 is 43.0 Å². The van der Waals surface area contributed by atoms with Crippen molar-refractivity contribution < 1.29 is 52.3 Å². The van der Waals surface area contributed by atoms with Crippen LogP contribution in [0.3, 0.4) is 0 Å². The summed E-state index contributed by atoms with van der Waals surface area (Å²) < 4.78 is 40.9. The van der Waals surface area contributed by atoms with Crippen molar-refractivity contribution in [3.63, 3.8) is 0 Å². The van der Waals surface area contributed by atoms with Crippen LogP contribution in [-0.4, -0.2) is 92.8 Å². The van der Waals surface area contributed by atoms with Crippen molar-refractivity contribution in [2.45, 2.75) is 112 Å². The Balaban J connectivity index is 2.44. The maximum absolute atomic E-state index is 13.1. The fourth-order valence-electron chi connectivity index (χ4n) is 4.92. The second-order valence-corrected chi connectivity index (χ2v) is 17.5. The quantitative estimate of drug-likeness (QED) is 0.0959. The number of methoxy groups -OCH3 is 1. The van der Waals surface area contributed by atoms with Gasteiger partial charge in [0.15, 0.2) is 0 Å². The van der Waals surface area contributed by atoms with E-state index in [4.69, 9.17) is 33.2 Å². The molecule has 0 saturated carbocycles. The van der Waals surface area contributed by atoms with Crippen molar-refractivity contribution in [2.24, 2.45) is 0 Å². The molecule has 14 heteroatoms. The van der Waals surface area contributed by atoms with Crippen molar-refractivity contribution in [1.82, 2.24) is 0 Å². The zero-order valence-electron chi connectivity index (χ0n) is 34.4. The first kappa shape index (κ1) is 46.0. The topological polar surface area (TPSA) is 139 Å². The van der Waals surface area contributed by atoms with Crippen LogP contribution < -0.4 is 24.0 Å². The Labute approximate surface area is 329 Å². The third-order valence-electron chi connectivity index (χ3n) is 6.59. The van der Waals surface area contributed by atoms with Gasteiger partial charge in [0.2, 0.25) is 0 Å². The highest BCUT2D eigenvalue weighted by atomic mass is 79.9. The summed E-state index contributed by atoms with van der Waals surface area (Å²) in [6.45, 7) is 22.1. The summed E-state index contributed by atoms with van der Waals surface area (Å²) >= 11 is 3.51. The molecule has 0 aliphatic carbocycles. The number of carbonyl (C=O) groups is 4. The van der Waals surface area contributed by atoms with Crippen molar-refractivity contribution in [3.05, 3.63) is 40.4 Å². The molecule has 302 valence electrons. The standard InChI is InChI=1S/C40H59BrN2O11/c1-26-15-16-28(42(22-33(44)51-37(2,3)4)23-34(45)52-38(5,6)7)31(19-26)49-17-18-50-32-20-27(41)30(48-14)21-29(32)43(24-35(46)53-39(8,9)10)25-36(47)54-40(11,12)13/h15-16,19-21H,17-18,22-25H2,1-14H3. The van der Waals surface area contributed by atoms with Gasteiger partial charge in [0.05, 0.1) is 23.0 Å². The van der Waals surface area contributed by atoms with Gasteiger partial charge in [0.25, 0.3) is 0 Å². The molecule has 2 aromatic carbocycles. The number of carbonyl (C=O) groups excluding carboxylic acids is 4. The summed E-state index contributed by atoms with van der Waals surface area (Å²) in [7, 11) is 1.50. The normalized spacial score (nSPS) is 12.0. The number of halogens is 1. The Kier molecular flexibility index (Phi) is 16.1. The second-order valence-electron chi connectivity index (χ2n) is 16.7.